The summed E-state index contributed by atoms with van der Waals surface area (Å²) in [4.78, 5) is 15.6. The lowest BCUT2D eigenvalue weighted by molar-refractivity contribution is -0.131. The number of nitrogens with zero attached hydrogens (tertiary/aromatic N) is 2. The second-order valence-corrected chi connectivity index (χ2v) is 5.14. The normalized spacial score (nSPS) is 12.7. The van der Waals surface area contributed by atoms with E-state index < -0.39 is 0 Å². The Labute approximate surface area is 114 Å². The number of rotatable bonds is 7. The molecule has 1 unspecified atom stereocenters. The number of carbonyl (C=O) groups excluding carboxylic acids is 1. The van der Waals surface area contributed by atoms with Crippen LogP contribution in [0, 0.1) is 6.92 Å². The average Bonchev–Trinajstić information content (AvgIpc) is 2.72. The molecule has 0 bridgehead atoms. The van der Waals surface area contributed by atoms with Gasteiger partial charge in [-0.05, 0) is 39.4 Å². The molecule has 1 heterocycles. The van der Waals surface area contributed by atoms with E-state index in [0.29, 0.717) is 26.1 Å². The monoisotopic (exact) mass is 268 g/mol. The van der Waals surface area contributed by atoms with Crippen LogP contribution in [-0.4, -0.2) is 54.1 Å². The van der Waals surface area contributed by atoms with Crippen molar-refractivity contribution in [3.63, 3.8) is 0 Å². The van der Waals surface area contributed by atoms with E-state index in [1.807, 2.05) is 31.0 Å². The van der Waals surface area contributed by atoms with Crippen molar-refractivity contribution >= 4 is 5.91 Å². The van der Waals surface area contributed by atoms with Gasteiger partial charge in [0.15, 0.2) is 0 Å². The summed E-state index contributed by atoms with van der Waals surface area (Å²) >= 11 is 0. The molecule has 0 aliphatic carbocycles. The van der Waals surface area contributed by atoms with Gasteiger partial charge in [0, 0.05) is 13.6 Å². The van der Waals surface area contributed by atoms with Crippen molar-refractivity contribution in [3.8, 4) is 0 Å². The van der Waals surface area contributed by atoms with Gasteiger partial charge in [-0.2, -0.15) is 0 Å². The molecule has 1 aromatic heterocycles. The average molecular weight is 268 g/mol. The summed E-state index contributed by atoms with van der Waals surface area (Å²) in [6, 6.07) is 3.78. The van der Waals surface area contributed by atoms with E-state index in [-0.39, 0.29) is 12.0 Å². The van der Waals surface area contributed by atoms with Crippen LogP contribution in [-0.2, 0) is 11.3 Å². The molecule has 0 aliphatic heterocycles. The zero-order valence-corrected chi connectivity index (χ0v) is 12.2. The number of furan rings is 1. The molecule has 0 saturated carbocycles. The first-order valence-corrected chi connectivity index (χ1v) is 6.54. The summed E-state index contributed by atoms with van der Waals surface area (Å²) in [5.74, 6) is 1.69. The Morgan fingerprint density at radius 2 is 2.11 bits per heavy atom. The zero-order valence-electron chi connectivity index (χ0n) is 12.2. The SMILES string of the molecule is Cc1ccc(CN(C)C(=O)CN(C)CCC(C)O)o1. The van der Waals surface area contributed by atoms with Crippen molar-refractivity contribution < 1.29 is 14.3 Å². The molecule has 0 radical (unpaired) electrons. The molecule has 1 rings (SSSR count). The number of aryl methyl sites for hydroxylation is 1. The third-order valence-corrected chi connectivity index (χ3v) is 2.95. The van der Waals surface area contributed by atoms with Crippen LogP contribution in [0.4, 0.5) is 0 Å². The van der Waals surface area contributed by atoms with Gasteiger partial charge >= 0.3 is 0 Å². The first-order valence-electron chi connectivity index (χ1n) is 6.54. The van der Waals surface area contributed by atoms with Gasteiger partial charge in [-0.1, -0.05) is 0 Å². The molecular weight excluding hydrogens is 244 g/mol. The molecule has 0 spiro atoms. The van der Waals surface area contributed by atoms with Crippen molar-refractivity contribution in [3.05, 3.63) is 23.7 Å². The van der Waals surface area contributed by atoms with Gasteiger partial charge in [-0.25, -0.2) is 0 Å². The minimum atomic E-state index is -0.332. The molecule has 1 atom stereocenters. The first-order chi connectivity index (χ1) is 8.88. The Kier molecular flexibility index (Phi) is 6.05. The summed E-state index contributed by atoms with van der Waals surface area (Å²) in [6.45, 7) is 5.17. The molecule has 1 amide bonds. The van der Waals surface area contributed by atoms with E-state index in [1.54, 1.807) is 18.9 Å². The van der Waals surface area contributed by atoms with Crippen LogP contribution >= 0.6 is 0 Å². The summed E-state index contributed by atoms with van der Waals surface area (Å²) in [7, 11) is 3.65. The number of aliphatic hydroxyl groups is 1. The van der Waals surface area contributed by atoms with Crippen LogP contribution in [0.2, 0.25) is 0 Å². The molecule has 5 nitrogen and oxygen atoms in total. The fourth-order valence-electron chi connectivity index (χ4n) is 1.73. The lowest BCUT2D eigenvalue weighted by atomic mass is 10.3. The second-order valence-electron chi connectivity index (χ2n) is 5.14. The maximum Gasteiger partial charge on any atom is 0.236 e. The topological polar surface area (TPSA) is 56.9 Å². The molecule has 0 saturated heterocycles. The van der Waals surface area contributed by atoms with Crippen molar-refractivity contribution in [2.24, 2.45) is 0 Å². The lowest BCUT2D eigenvalue weighted by Gasteiger charge is -2.21. The van der Waals surface area contributed by atoms with E-state index in [0.717, 1.165) is 11.5 Å². The number of carbonyl (C=O) groups is 1. The van der Waals surface area contributed by atoms with Crippen LogP contribution < -0.4 is 0 Å². The maximum absolute atomic E-state index is 12.0. The summed E-state index contributed by atoms with van der Waals surface area (Å²) in [6.07, 6.45) is 0.339. The minimum absolute atomic E-state index is 0.0437. The highest BCUT2D eigenvalue weighted by Gasteiger charge is 2.13. The van der Waals surface area contributed by atoms with E-state index in [1.165, 1.54) is 0 Å². The Hall–Kier alpha value is -1.33. The van der Waals surface area contributed by atoms with Crippen LogP contribution in [0.5, 0.6) is 0 Å². The van der Waals surface area contributed by atoms with E-state index in [2.05, 4.69) is 0 Å². The molecule has 1 N–H and O–H groups in total. The summed E-state index contributed by atoms with van der Waals surface area (Å²) < 4.78 is 5.45. The van der Waals surface area contributed by atoms with Gasteiger partial charge in [0.05, 0.1) is 19.2 Å². The predicted octanol–water partition coefficient (Wildman–Crippen LogP) is 1.25. The molecular formula is C14H24N2O3. The van der Waals surface area contributed by atoms with Gasteiger partial charge in [0.2, 0.25) is 5.91 Å². The maximum atomic E-state index is 12.0. The highest BCUT2D eigenvalue weighted by Crippen LogP contribution is 2.08. The Morgan fingerprint density at radius 3 is 2.63 bits per heavy atom. The van der Waals surface area contributed by atoms with Crippen molar-refractivity contribution in [2.45, 2.75) is 32.9 Å². The highest BCUT2D eigenvalue weighted by atomic mass is 16.3. The molecule has 19 heavy (non-hydrogen) atoms. The van der Waals surface area contributed by atoms with Gasteiger partial charge in [-0.15, -0.1) is 0 Å². The number of amides is 1. The third-order valence-electron chi connectivity index (χ3n) is 2.95. The standard InChI is InChI=1S/C14H24N2O3/c1-11(17)7-8-15(3)10-14(18)16(4)9-13-6-5-12(2)19-13/h5-6,11,17H,7-10H2,1-4H3. The predicted molar refractivity (Wildman–Crippen MR) is 73.7 cm³/mol. The van der Waals surface area contributed by atoms with Crippen LogP contribution in [0.15, 0.2) is 16.5 Å². The van der Waals surface area contributed by atoms with Crippen molar-refractivity contribution in [2.75, 3.05) is 27.2 Å². The number of hydrogen-bond donors (Lipinski definition) is 1. The second kappa shape index (κ2) is 7.31. The Bertz CT molecular complexity index is 401. The molecule has 5 heteroatoms. The van der Waals surface area contributed by atoms with Crippen molar-refractivity contribution in [1.82, 2.24) is 9.80 Å². The summed E-state index contributed by atoms with van der Waals surface area (Å²) in [5.41, 5.74) is 0. The van der Waals surface area contributed by atoms with Gasteiger partial charge in [0.1, 0.15) is 11.5 Å². The molecule has 0 aromatic carbocycles. The fourth-order valence-corrected chi connectivity index (χ4v) is 1.73. The van der Waals surface area contributed by atoms with E-state index >= 15 is 0 Å². The number of hydrogen-bond acceptors (Lipinski definition) is 4. The third kappa shape index (κ3) is 5.89. The Morgan fingerprint density at radius 1 is 1.42 bits per heavy atom. The van der Waals surface area contributed by atoms with Crippen LogP contribution in [0.25, 0.3) is 0 Å². The highest BCUT2D eigenvalue weighted by molar-refractivity contribution is 5.77. The lowest BCUT2D eigenvalue weighted by Crippen LogP contribution is -2.37. The number of likely N-dealkylation sites (N-methyl/N-ethyl adjacent to an activating group) is 2. The molecule has 0 fully saturated rings. The zero-order chi connectivity index (χ0) is 14.4. The summed E-state index contributed by atoms with van der Waals surface area (Å²) in [5, 5.41) is 9.21. The first kappa shape index (κ1) is 15.7. The quantitative estimate of drug-likeness (QED) is 0.808. The van der Waals surface area contributed by atoms with Crippen LogP contribution in [0.3, 0.4) is 0 Å². The molecule has 1 aromatic rings. The smallest absolute Gasteiger partial charge is 0.236 e. The number of aliphatic hydroxyl groups excluding tert-OH is 1. The fraction of sp³-hybridized carbons (Fsp3) is 0.643. The van der Waals surface area contributed by atoms with E-state index in [9.17, 15) is 9.90 Å². The minimum Gasteiger partial charge on any atom is -0.464 e. The largest absolute Gasteiger partial charge is 0.464 e. The Balaban J connectivity index is 2.35. The van der Waals surface area contributed by atoms with Gasteiger partial charge in [-0.3, -0.25) is 9.69 Å². The van der Waals surface area contributed by atoms with Crippen LogP contribution in [0.1, 0.15) is 24.9 Å². The molecule has 108 valence electrons. The van der Waals surface area contributed by atoms with Gasteiger partial charge < -0.3 is 14.4 Å². The van der Waals surface area contributed by atoms with Gasteiger partial charge in [0.25, 0.3) is 0 Å². The van der Waals surface area contributed by atoms with E-state index in [4.69, 9.17) is 4.42 Å². The molecule has 0 aliphatic rings. The van der Waals surface area contributed by atoms with Crippen molar-refractivity contribution in [1.29, 1.82) is 0 Å².